The number of nitrogens with one attached hydrogen (secondary N) is 2. The van der Waals surface area contributed by atoms with E-state index in [0.717, 1.165) is 20.0 Å². The highest BCUT2D eigenvalue weighted by Crippen LogP contribution is 2.41. The second-order valence-corrected chi connectivity index (χ2v) is 6.93. The average molecular weight is 366 g/mol. The molecule has 2 atom stereocenters. The van der Waals surface area contributed by atoms with Crippen LogP contribution in [0.4, 0.5) is 4.79 Å². The number of rotatable bonds is 13. The van der Waals surface area contributed by atoms with E-state index in [4.69, 9.17) is 4.89 Å². The first-order valence-corrected chi connectivity index (χ1v) is 9.25. The molecular formula is C14H27N2O7P. The zero-order valence-corrected chi connectivity index (χ0v) is 15.3. The molecular weight excluding hydrogens is 339 g/mol. The highest BCUT2D eigenvalue weighted by Gasteiger charge is 2.18. The Labute approximate surface area is 142 Å². The average Bonchev–Trinajstić information content (AvgIpc) is 2.48. The summed E-state index contributed by atoms with van der Waals surface area (Å²) in [6.07, 6.45) is 2.87. The third-order valence-electron chi connectivity index (χ3n) is 3.13. The van der Waals surface area contributed by atoms with Gasteiger partial charge >= 0.3 is 13.9 Å². The van der Waals surface area contributed by atoms with Gasteiger partial charge in [0.1, 0.15) is 5.78 Å². The Morgan fingerprint density at radius 1 is 1.12 bits per heavy atom. The van der Waals surface area contributed by atoms with Gasteiger partial charge in [-0.3, -0.25) is 18.6 Å². The van der Waals surface area contributed by atoms with E-state index >= 15 is 0 Å². The molecule has 2 unspecified atom stereocenters. The van der Waals surface area contributed by atoms with Gasteiger partial charge in [-0.25, -0.2) is 9.36 Å². The van der Waals surface area contributed by atoms with Gasteiger partial charge in [-0.05, 0) is 26.7 Å². The van der Waals surface area contributed by atoms with E-state index in [9.17, 15) is 18.9 Å². The topological polar surface area (TPSA) is 131 Å². The number of phosphoric ester groups is 1. The van der Waals surface area contributed by atoms with Crippen LogP contribution in [0.5, 0.6) is 0 Å². The van der Waals surface area contributed by atoms with Gasteiger partial charge in [0.25, 0.3) is 0 Å². The van der Waals surface area contributed by atoms with Crippen molar-refractivity contribution in [1.82, 2.24) is 10.6 Å². The van der Waals surface area contributed by atoms with Crippen LogP contribution in [-0.2, 0) is 23.2 Å². The lowest BCUT2D eigenvalue weighted by atomic mass is 10.1. The first kappa shape index (κ1) is 22.7. The molecule has 0 heterocycles. The molecule has 0 aromatic rings. The van der Waals surface area contributed by atoms with Crippen molar-refractivity contribution >= 4 is 25.4 Å². The number of amides is 2. The van der Waals surface area contributed by atoms with Crippen LogP contribution in [0.2, 0.25) is 0 Å². The number of phosphoric acid groups is 1. The summed E-state index contributed by atoms with van der Waals surface area (Å²) < 4.78 is 19.9. The molecule has 0 saturated heterocycles. The Bertz CT molecular complexity index is 470. The third-order valence-corrected chi connectivity index (χ3v) is 4.10. The minimum absolute atomic E-state index is 0.0149. The van der Waals surface area contributed by atoms with Crippen molar-refractivity contribution in [1.29, 1.82) is 0 Å². The van der Waals surface area contributed by atoms with E-state index in [2.05, 4.69) is 19.7 Å². The number of Topliss-reactive ketones (excluding diaryl/α,β-unsaturated/α-hetero) is 2. The first-order valence-electron chi connectivity index (χ1n) is 7.75. The van der Waals surface area contributed by atoms with Crippen LogP contribution in [0.1, 0.15) is 46.0 Å². The lowest BCUT2D eigenvalue weighted by Crippen LogP contribution is -2.46. The van der Waals surface area contributed by atoms with Crippen LogP contribution >= 0.6 is 7.82 Å². The highest BCUT2D eigenvalue weighted by molar-refractivity contribution is 7.47. The van der Waals surface area contributed by atoms with E-state index in [1.165, 1.54) is 13.8 Å². The van der Waals surface area contributed by atoms with Crippen molar-refractivity contribution in [2.75, 3.05) is 20.3 Å². The fraction of sp³-hybridized carbons (Fsp3) is 0.786. The molecule has 0 saturated carbocycles. The summed E-state index contributed by atoms with van der Waals surface area (Å²) in [5.41, 5.74) is 0. The second kappa shape index (κ2) is 12.1. The smallest absolute Gasteiger partial charge is 0.338 e. The molecule has 140 valence electrons. The summed E-state index contributed by atoms with van der Waals surface area (Å²) in [7, 11) is -2.80. The zero-order valence-electron chi connectivity index (χ0n) is 14.4. The maximum Gasteiger partial charge on any atom is 0.471 e. The quantitative estimate of drug-likeness (QED) is 0.333. The van der Waals surface area contributed by atoms with Crippen LogP contribution in [0.15, 0.2) is 0 Å². The maximum atomic E-state index is 11.6. The molecule has 0 fully saturated rings. The Morgan fingerprint density at radius 3 is 2.29 bits per heavy atom. The second-order valence-electron chi connectivity index (χ2n) is 5.37. The maximum absolute atomic E-state index is 11.6. The lowest BCUT2D eigenvalue weighted by molar-refractivity contribution is -0.123. The summed E-state index contributed by atoms with van der Waals surface area (Å²) in [5, 5.41) is 5.09. The monoisotopic (exact) mass is 366 g/mol. The fourth-order valence-electron chi connectivity index (χ4n) is 1.81. The molecule has 2 amide bonds. The number of urea groups is 1. The molecule has 9 nitrogen and oxygen atoms in total. The molecule has 24 heavy (non-hydrogen) atoms. The normalized spacial score (nSPS) is 14.5. The van der Waals surface area contributed by atoms with Crippen molar-refractivity contribution in [2.45, 2.75) is 52.0 Å². The Balaban J connectivity index is 3.73. The molecule has 0 radical (unpaired) electrons. The number of ketones is 2. The molecule has 0 spiro atoms. The van der Waals surface area contributed by atoms with Crippen LogP contribution < -0.4 is 10.6 Å². The molecule has 0 aromatic heterocycles. The van der Waals surface area contributed by atoms with Gasteiger partial charge in [0.15, 0.2) is 5.78 Å². The predicted molar refractivity (Wildman–Crippen MR) is 87.6 cm³/mol. The minimum Gasteiger partial charge on any atom is -0.338 e. The number of carbonyl (C=O) groups is 3. The number of hydrogen-bond donors (Lipinski definition) is 3. The van der Waals surface area contributed by atoms with Gasteiger partial charge in [-0.1, -0.05) is 12.8 Å². The summed E-state index contributed by atoms with van der Waals surface area (Å²) in [4.78, 5) is 43.0. The predicted octanol–water partition coefficient (Wildman–Crippen LogP) is 1.55. The van der Waals surface area contributed by atoms with Gasteiger partial charge < -0.3 is 15.5 Å². The lowest BCUT2D eigenvalue weighted by Gasteiger charge is -2.15. The number of hydrogen-bond acceptors (Lipinski definition) is 6. The third kappa shape index (κ3) is 12.2. The largest absolute Gasteiger partial charge is 0.471 e. The van der Waals surface area contributed by atoms with Crippen molar-refractivity contribution in [3.63, 3.8) is 0 Å². The molecule has 3 N–H and O–H groups in total. The summed E-state index contributed by atoms with van der Waals surface area (Å²) in [6.45, 7) is 3.24. The molecule has 0 aromatic carbocycles. The van der Waals surface area contributed by atoms with E-state index < -0.39 is 19.9 Å². The minimum atomic E-state index is -3.90. The van der Waals surface area contributed by atoms with Gasteiger partial charge in [0.2, 0.25) is 0 Å². The van der Waals surface area contributed by atoms with Crippen LogP contribution in [-0.4, -0.2) is 48.8 Å². The zero-order chi connectivity index (χ0) is 18.6. The van der Waals surface area contributed by atoms with Gasteiger partial charge in [-0.15, -0.1) is 0 Å². The van der Waals surface area contributed by atoms with Crippen LogP contribution in [0.25, 0.3) is 0 Å². The standard InChI is InChI=1S/C14H27N2O7P/c1-11(17)10-13(12(2)18)16-14(19)15-8-6-4-5-7-9-23-24(20,21)22-3/h13H,4-10H2,1-3H3,(H,20,21)(H2,15,16,19). The van der Waals surface area contributed by atoms with Crippen molar-refractivity contribution < 1.29 is 32.9 Å². The van der Waals surface area contributed by atoms with E-state index in [0.29, 0.717) is 19.4 Å². The molecule has 0 aliphatic heterocycles. The van der Waals surface area contributed by atoms with Crippen LogP contribution in [0, 0.1) is 0 Å². The van der Waals surface area contributed by atoms with Gasteiger partial charge in [0.05, 0.1) is 12.6 Å². The molecule has 10 heteroatoms. The van der Waals surface area contributed by atoms with E-state index in [-0.39, 0.29) is 24.6 Å². The number of unbranched alkanes of at least 4 members (excludes halogenated alkanes) is 3. The van der Waals surface area contributed by atoms with Crippen molar-refractivity contribution in [3.8, 4) is 0 Å². The molecule has 0 bridgehead atoms. The SMILES string of the molecule is COP(=O)(O)OCCCCCCNC(=O)NC(CC(C)=O)C(C)=O. The molecule has 0 rings (SSSR count). The summed E-state index contributed by atoms with van der Waals surface area (Å²) in [6, 6.07) is -1.28. The van der Waals surface area contributed by atoms with Gasteiger partial charge in [0, 0.05) is 20.1 Å². The van der Waals surface area contributed by atoms with E-state index in [1.807, 2.05) is 0 Å². The molecule has 0 aliphatic carbocycles. The summed E-state index contributed by atoms with van der Waals surface area (Å²) in [5.74, 6) is -0.434. The Morgan fingerprint density at radius 2 is 1.75 bits per heavy atom. The van der Waals surface area contributed by atoms with Crippen molar-refractivity contribution in [3.05, 3.63) is 0 Å². The Kier molecular flexibility index (Phi) is 11.5. The molecule has 0 aliphatic rings. The first-order chi connectivity index (χ1) is 11.2. The van der Waals surface area contributed by atoms with Crippen molar-refractivity contribution in [2.24, 2.45) is 0 Å². The Hall–Kier alpha value is -1.28. The van der Waals surface area contributed by atoms with Gasteiger partial charge in [-0.2, -0.15) is 0 Å². The van der Waals surface area contributed by atoms with Crippen LogP contribution in [0.3, 0.4) is 0 Å². The fourth-order valence-corrected chi connectivity index (χ4v) is 2.27. The van der Waals surface area contributed by atoms with E-state index in [1.54, 1.807) is 0 Å². The highest BCUT2D eigenvalue weighted by atomic mass is 31.2. The number of carbonyl (C=O) groups excluding carboxylic acids is 3. The summed E-state index contributed by atoms with van der Waals surface area (Å²) >= 11 is 0.